The molecule has 1 aliphatic rings. The minimum absolute atomic E-state index is 0.137. The highest BCUT2D eigenvalue weighted by atomic mass is 16.4. The molecule has 1 aliphatic heterocycles. The highest BCUT2D eigenvalue weighted by molar-refractivity contribution is 5.68. The van der Waals surface area contributed by atoms with Gasteiger partial charge in [0.05, 0.1) is 12.0 Å². The van der Waals surface area contributed by atoms with E-state index in [0.717, 1.165) is 13.1 Å². The SMILES string of the molecule is CC(C)CN1CCC(O)(CC(=O)O)C1. The number of rotatable bonds is 4. The second-order valence-electron chi connectivity index (χ2n) is 4.67. The lowest BCUT2D eigenvalue weighted by molar-refractivity contribution is -0.142. The zero-order chi connectivity index (χ0) is 10.8. The normalized spacial score (nSPS) is 28.6. The quantitative estimate of drug-likeness (QED) is 0.697. The van der Waals surface area contributed by atoms with E-state index < -0.39 is 11.6 Å². The maximum absolute atomic E-state index is 10.5. The van der Waals surface area contributed by atoms with E-state index in [0.29, 0.717) is 18.9 Å². The number of β-amino-alcohol motifs (C(OH)–C–C–N with tert-alkyl or cyclic N) is 1. The zero-order valence-electron chi connectivity index (χ0n) is 8.86. The van der Waals surface area contributed by atoms with Crippen LogP contribution >= 0.6 is 0 Å². The first-order valence-electron chi connectivity index (χ1n) is 5.08. The van der Waals surface area contributed by atoms with Crippen LogP contribution < -0.4 is 0 Å². The van der Waals surface area contributed by atoms with Gasteiger partial charge in [0.15, 0.2) is 0 Å². The van der Waals surface area contributed by atoms with Crippen LogP contribution in [-0.4, -0.2) is 46.3 Å². The lowest BCUT2D eigenvalue weighted by atomic mass is 9.99. The summed E-state index contributed by atoms with van der Waals surface area (Å²) in [6.45, 7) is 6.48. The van der Waals surface area contributed by atoms with Crippen molar-refractivity contribution in [1.29, 1.82) is 0 Å². The van der Waals surface area contributed by atoms with E-state index in [1.54, 1.807) is 0 Å². The molecule has 0 aromatic carbocycles. The van der Waals surface area contributed by atoms with Crippen molar-refractivity contribution in [2.75, 3.05) is 19.6 Å². The lowest BCUT2D eigenvalue weighted by Crippen LogP contribution is -2.36. The summed E-state index contributed by atoms with van der Waals surface area (Å²) in [6, 6.07) is 0. The van der Waals surface area contributed by atoms with E-state index in [-0.39, 0.29) is 6.42 Å². The second-order valence-corrected chi connectivity index (χ2v) is 4.67. The Labute approximate surface area is 84.5 Å². The topological polar surface area (TPSA) is 60.8 Å². The van der Waals surface area contributed by atoms with E-state index in [1.165, 1.54) is 0 Å². The molecular weight excluding hydrogens is 182 g/mol. The van der Waals surface area contributed by atoms with Gasteiger partial charge in [-0.05, 0) is 12.3 Å². The number of aliphatic carboxylic acids is 1. The Bertz CT molecular complexity index is 217. The molecule has 1 atom stereocenters. The molecular formula is C10H19NO3. The van der Waals surface area contributed by atoms with Crippen LogP contribution in [0.2, 0.25) is 0 Å². The molecule has 1 unspecified atom stereocenters. The average Bonchev–Trinajstić information content (AvgIpc) is 2.28. The number of carbonyl (C=O) groups is 1. The van der Waals surface area contributed by atoms with E-state index >= 15 is 0 Å². The van der Waals surface area contributed by atoms with Gasteiger partial charge >= 0.3 is 5.97 Å². The summed E-state index contributed by atoms with van der Waals surface area (Å²) in [5.74, 6) is -0.360. The molecule has 1 rings (SSSR count). The van der Waals surface area contributed by atoms with Crippen LogP contribution in [-0.2, 0) is 4.79 Å². The summed E-state index contributed by atoms with van der Waals surface area (Å²) in [6.07, 6.45) is 0.438. The van der Waals surface area contributed by atoms with Crippen LogP contribution in [0.15, 0.2) is 0 Å². The molecule has 0 aromatic rings. The molecule has 0 amide bonds. The Morgan fingerprint density at radius 2 is 2.21 bits per heavy atom. The van der Waals surface area contributed by atoms with Crippen molar-refractivity contribution in [2.24, 2.45) is 5.92 Å². The summed E-state index contributed by atoms with van der Waals surface area (Å²) in [4.78, 5) is 12.6. The fourth-order valence-corrected chi connectivity index (χ4v) is 2.04. The van der Waals surface area contributed by atoms with Crippen LogP contribution in [0.5, 0.6) is 0 Å². The monoisotopic (exact) mass is 201 g/mol. The van der Waals surface area contributed by atoms with Gasteiger partial charge in [-0.3, -0.25) is 4.79 Å². The summed E-state index contributed by atoms with van der Waals surface area (Å²) >= 11 is 0. The molecule has 82 valence electrons. The van der Waals surface area contributed by atoms with E-state index in [1.807, 2.05) is 0 Å². The van der Waals surface area contributed by atoms with E-state index in [9.17, 15) is 9.90 Å². The van der Waals surface area contributed by atoms with Gasteiger partial charge in [-0.2, -0.15) is 0 Å². The summed E-state index contributed by atoms with van der Waals surface area (Å²) in [5.41, 5.74) is -0.999. The molecule has 1 saturated heterocycles. The average molecular weight is 201 g/mol. The standard InChI is InChI=1S/C10H19NO3/c1-8(2)6-11-4-3-10(14,7-11)5-9(12)13/h8,14H,3-7H2,1-2H3,(H,12,13). The smallest absolute Gasteiger partial charge is 0.306 e. The molecule has 0 bridgehead atoms. The highest BCUT2D eigenvalue weighted by Crippen LogP contribution is 2.25. The van der Waals surface area contributed by atoms with Gasteiger partial charge in [-0.15, -0.1) is 0 Å². The predicted octanol–water partition coefficient (Wildman–Crippen LogP) is 0.554. The molecule has 0 spiro atoms. The Morgan fingerprint density at radius 1 is 1.57 bits per heavy atom. The third-order valence-corrected chi connectivity index (χ3v) is 2.51. The Kier molecular flexibility index (Phi) is 3.50. The summed E-state index contributed by atoms with van der Waals surface area (Å²) < 4.78 is 0. The van der Waals surface area contributed by atoms with Crippen LogP contribution in [0.4, 0.5) is 0 Å². The van der Waals surface area contributed by atoms with Gasteiger partial charge in [0.25, 0.3) is 0 Å². The maximum atomic E-state index is 10.5. The Balaban J connectivity index is 2.42. The fraction of sp³-hybridized carbons (Fsp3) is 0.900. The first kappa shape index (κ1) is 11.5. The third-order valence-electron chi connectivity index (χ3n) is 2.51. The van der Waals surface area contributed by atoms with Gasteiger partial charge in [0.2, 0.25) is 0 Å². The fourth-order valence-electron chi connectivity index (χ4n) is 2.04. The molecule has 4 nitrogen and oxygen atoms in total. The Morgan fingerprint density at radius 3 is 2.71 bits per heavy atom. The number of likely N-dealkylation sites (tertiary alicyclic amines) is 1. The van der Waals surface area contributed by atoms with Crippen molar-refractivity contribution >= 4 is 5.97 Å². The minimum atomic E-state index is -0.999. The third kappa shape index (κ3) is 3.27. The lowest BCUT2D eigenvalue weighted by Gasteiger charge is -2.22. The first-order valence-corrected chi connectivity index (χ1v) is 5.08. The Hall–Kier alpha value is -0.610. The summed E-state index contributed by atoms with van der Waals surface area (Å²) in [7, 11) is 0. The zero-order valence-corrected chi connectivity index (χ0v) is 8.86. The molecule has 0 saturated carbocycles. The molecule has 0 aliphatic carbocycles. The van der Waals surface area contributed by atoms with Crippen molar-refractivity contribution in [2.45, 2.75) is 32.3 Å². The molecule has 0 radical (unpaired) electrons. The van der Waals surface area contributed by atoms with Crippen LogP contribution in [0.1, 0.15) is 26.7 Å². The molecule has 14 heavy (non-hydrogen) atoms. The molecule has 4 heteroatoms. The van der Waals surface area contributed by atoms with Gasteiger partial charge < -0.3 is 15.1 Å². The van der Waals surface area contributed by atoms with Gasteiger partial charge in [-0.1, -0.05) is 13.8 Å². The molecule has 2 N–H and O–H groups in total. The van der Waals surface area contributed by atoms with Crippen molar-refractivity contribution in [3.63, 3.8) is 0 Å². The van der Waals surface area contributed by atoms with Gasteiger partial charge in [0.1, 0.15) is 0 Å². The van der Waals surface area contributed by atoms with Crippen LogP contribution in [0.25, 0.3) is 0 Å². The molecule has 1 heterocycles. The number of aliphatic hydroxyl groups is 1. The van der Waals surface area contributed by atoms with E-state index in [2.05, 4.69) is 18.7 Å². The number of carboxylic acids is 1. The van der Waals surface area contributed by atoms with Crippen molar-refractivity contribution in [3.05, 3.63) is 0 Å². The first-order chi connectivity index (χ1) is 6.41. The van der Waals surface area contributed by atoms with Crippen LogP contribution in [0.3, 0.4) is 0 Å². The van der Waals surface area contributed by atoms with Crippen molar-refractivity contribution < 1.29 is 15.0 Å². The number of nitrogens with zero attached hydrogens (tertiary/aromatic N) is 1. The predicted molar refractivity (Wildman–Crippen MR) is 53.1 cm³/mol. The van der Waals surface area contributed by atoms with Gasteiger partial charge in [-0.25, -0.2) is 0 Å². The minimum Gasteiger partial charge on any atom is -0.481 e. The van der Waals surface area contributed by atoms with Crippen molar-refractivity contribution in [3.8, 4) is 0 Å². The van der Waals surface area contributed by atoms with E-state index in [4.69, 9.17) is 5.11 Å². The van der Waals surface area contributed by atoms with Crippen molar-refractivity contribution in [1.82, 2.24) is 4.90 Å². The molecule has 0 aromatic heterocycles. The number of hydrogen-bond donors (Lipinski definition) is 2. The number of carboxylic acid groups (broad SMARTS) is 1. The molecule has 1 fully saturated rings. The van der Waals surface area contributed by atoms with Crippen LogP contribution in [0, 0.1) is 5.92 Å². The highest BCUT2D eigenvalue weighted by Gasteiger charge is 2.37. The largest absolute Gasteiger partial charge is 0.481 e. The number of hydrogen-bond acceptors (Lipinski definition) is 3. The maximum Gasteiger partial charge on any atom is 0.306 e. The van der Waals surface area contributed by atoms with Gasteiger partial charge in [0, 0.05) is 19.6 Å². The second kappa shape index (κ2) is 4.28. The summed E-state index contributed by atoms with van der Waals surface area (Å²) in [5, 5.41) is 18.6.